The van der Waals surface area contributed by atoms with Crippen molar-refractivity contribution in [2.75, 3.05) is 9.80 Å². The molecule has 78 heavy (non-hydrogen) atoms. The highest BCUT2D eigenvalue weighted by molar-refractivity contribution is 5.89. The minimum Gasteiger partial charge on any atom is -0.310 e. The van der Waals surface area contributed by atoms with Gasteiger partial charge in [0.05, 0.1) is 11.4 Å². The van der Waals surface area contributed by atoms with Crippen LogP contribution in [0.25, 0.3) is 11.1 Å². The summed E-state index contributed by atoms with van der Waals surface area (Å²) in [7, 11) is 0. The van der Waals surface area contributed by atoms with Crippen LogP contribution in [-0.4, -0.2) is 0 Å². The maximum atomic E-state index is 2.80. The van der Waals surface area contributed by atoms with Crippen LogP contribution in [0.4, 0.5) is 34.1 Å². The van der Waals surface area contributed by atoms with Crippen molar-refractivity contribution in [1.29, 1.82) is 0 Å². The summed E-state index contributed by atoms with van der Waals surface area (Å²) in [5.41, 5.74) is 24.9. The third-order valence-corrected chi connectivity index (χ3v) is 20.0. The fraction of sp³-hybridized carbons (Fsp3) is 0.526. The zero-order valence-corrected chi connectivity index (χ0v) is 51.9. The van der Waals surface area contributed by atoms with E-state index in [9.17, 15) is 0 Å². The van der Waals surface area contributed by atoms with Crippen LogP contribution in [0.3, 0.4) is 0 Å². The standard InChI is InChI=1S/C76H102N2/c1-17-21-25-57-47-75-49-59(27-23-19-3)60(28-24-20-4)50-76(75,48-58(57)26-22-18-2)70-46-66(78(64-35-31-52(6)32-36-64)72-55(9)43-62(44-56(72)10)74(14,15)16)38-40-68(70)67-39-37-65(45-69(67)75)77(63-33-29-51(5)30-34-63)71-53(7)41-61(42-54(71)8)73(11,12)13/h29-46,57-60H,17-28,47-50H2,1-16H3/t57?,58?,59?,60?,75-,76+. The first-order chi connectivity index (χ1) is 37.2. The van der Waals surface area contributed by atoms with Crippen molar-refractivity contribution >= 4 is 34.1 Å². The Morgan fingerprint density at radius 2 is 0.641 bits per heavy atom. The van der Waals surface area contributed by atoms with Crippen LogP contribution in [0.5, 0.6) is 0 Å². The quantitative estimate of drug-likeness (QED) is 0.0846. The number of unbranched alkanes of at least 4 members (excludes halogenated alkanes) is 4. The molecule has 3 aliphatic rings. The average Bonchev–Trinajstić information content (AvgIpc) is 2.36. The van der Waals surface area contributed by atoms with Gasteiger partial charge in [0, 0.05) is 33.6 Å². The second kappa shape index (κ2) is 23.2. The van der Waals surface area contributed by atoms with Crippen LogP contribution in [0.15, 0.2) is 109 Å². The predicted octanol–water partition coefficient (Wildman–Crippen LogP) is 23.0. The van der Waals surface area contributed by atoms with Crippen molar-refractivity contribution in [1.82, 2.24) is 0 Å². The Balaban J connectivity index is 1.38. The lowest BCUT2D eigenvalue weighted by molar-refractivity contribution is -0.0428. The summed E-state index contributed by atoms with van der Waals surface area (Å²) in [5, 5.41) is 0. The third kappa shape index (κ3) is 11.0. The van der Waals surface area contributed by atoms with Gasteiger partial charge in [-0.05, 0) is 206 Å². The second-order valence-corrected chi connectivity index (χ2v) is 27.8. The van der Waals surface area contributed by atoms with E-state index in [1.165, 1.54) is 192 Å². The summed E-state index contributed by atoms with van der Waals surface area (Å²) < 4.78 is 0. The fourth-order valence-electron chi connectivity index (χ4n) is 15.9. The van der Waals surface area contributed by atoms with Gasteiger partial charge in [-0.1, -0.05) is 218 Å². The first-order valence-corrected chi connectivity index (χ1v) is 31.4. The molecule has 0 amide bonds. The topological polar surface area (TPSA) is 6.48 Å². The van der Waals surface area contributed by atoms with Crippen molar-refractivity contribution in [3.8, 4) is 11.1 Å². The van der Waals surface area contributed by atoms with Crippen molar-refractivity contribution in [2.24, 2.45) is 23.7 Å². The van der Waals surface area contributed by atoms with Gasteiger partial charge < -0.3 is 9.80 Å². The smallest absolute Gasteiger partial charge is 0.0520 e. The van der Waals surface area contributed by atoms with E-state index in [1.807, 2.05) is 0 Å². The molecule has 4 atom stereocenters. The molecule has 416 valence electrons. The van der Waals surface area contributed by atoms with Crippen molar-refractivity contribution in [2.45, 2.75) is 235 Å². The number of rotatable bonds is 18. The molecular formula is C76H102N2. The zero-order chi connectivity index (χ0) is 55.9. The summed E-state index contributed by atoms with van der Waals surface area (Å²) in [6.07, 6.45) is 20.9. The molecule has 2 fully saturated rings. The molecule has 0 aliphatic heterocycles. The molecule has 0 spiro atoms. The zero-order valence-electron chi connectivity index (χ0n) is 51.9. The van der Waals surface area contributed by atoms with E-state index in [0.717, 1.165) is 0 Å². The minimum atomic E-state index is -0.0137. The van der Waals surface area contributed by atoms with Crippen LogP contribution in [0, 0.1) is 65.2 Å². The second-order valence-electron chi connectivity index (χ2n) is 27.8. The Hall–Kier alpha value is -5.08. The fourth-order valence-corrected chi connectivity index (χ4v) is 15.9. The van der Waals surface area contributed by atoms with Crippen molar-refractivity contribution in [3.05, 3.63) is 165 Å². The van der Waals surface area contributed by atoms with Gasteiger partial charge in [-0.15, -0.1) is 0 Å². The summed E-state index contributed by atoms with van der Waals surface area (Å²) >= 11 is 0. The average molecular weight is 1040 g/mol. The number of anilines is 6. The van der Waals surface area contributed by atoms with Crippen LogP contribution in [0.1, 0.15) is 228 Å². The molecule has 2 nitrogen and oxygen atoms in total. The van der Waals surface area contributed by atoms with E-state index in [2.05, 4.69) is 230 Å². The Kier molecular flexibility index (Phi) is 17.1. The van der Waals surface area contributed by atoms with Gasteiger partial charge in [0.2, 0.25) is 0 Å². The molecule has 6 aromatic carbocycles. The van der Waals surface area contributed by atoms with Gasteiger partial charge in [0.25, 0.3) is 0 Å². The van der Waals surface area contributed by atoms with Crippen LogP contribution in [-0.2, 0) is 21.7 Å². The highest BCUT2D eigenvalue weighted by Gasteiger charge is 2.65. The van der Waals surface area contributed by atoms with E-state index < -0.39 is 0 Å². The minimum absolute atomic E-state index is 0.0137. The van der Waals surface area contributed by atoms with Crippen LogP contribution >= 0.6 is 0 Å². The normalized spacial score (nSPS) is 21.8. The van der Waals surface area contributed by atoms with Gasteiger partial charge in [0.15, 0.2) is 0 Å². The van der Waals surface area contributed by atoms with Gasteiger partial charge in [0.1, 0.15) is 0 Å². The maximum absolute atomic E-state index is 2.80. The molecule has 0 N–H and O–H groups in total. The number of hydrogen-bond donors (Lipinski definition) is 0. The van der Waals surface area contributed by atoms with Crippen molar-refractivity contribution < 1.29 is 0 Å². The number of fused-ring (bicyclic) bond motifs is 3. The van der Waals surface area contributed by atoms with E-state index in [1.54, 1.807) is 11.1 Å². The van der Waals surface area contributed by atoms with Gasteiger partial charge in [-0.3, -0.25) is 0 Å². The number of benzene rings is 6. The molecular weight excluding hydrogens is 941 g/mol. The maximum Gasteiger partial charge on any atom is 0.0520 e. The van der Waals surface area contributed by atoms with E-state index in [4.69, 9.17) is 0 Å². The van der Waals surface area contributed by atoms with Gasteiger partial charge >= 0.3 is 0 Å². The Bertz CT molecular complexity index is 2740. The third-order valence-electron chi connectivity index (χ3n) is 20.0. The molecule has 0 aromatic heterocycles. The first kappa shape index (κ1) is 57.6. The van der Waals surface area contributed by atoms with E-state index in [0.29, 0.717) is 23.7 Å². The van der Waals surface area contributed by atoms with Crippen LogP contribution < -0.4 is 9.80 Å². The first-order valence-electron chi connectivity index (χ1n) is 31.4. The molecule has 2 heteroatoms. The van der Waals surface area contributed by atoms with Crippen LogP contribution in [0.2, 0.25) is 0 Å². The number of hydrogen-bond acceptors (Lipinski definition) is 2. The molecule has 0 heterocycles. The molecule has 0 saturated heterocycles. The van der Waals surface area contributed by atoms with Gasteiger partial charge in [-0.2, -0.15) is 0 Å². The lowest BCUT2D eigenvalue weighted by Crippen LogP contribution is -2.62. The molecule has 3 aliphatic carbocycles. The summed E-state index contributed by atoms with van der Waals surface area (Å²) in [5.74, 6) is 2.85. The Morgan fingerprint density at radius 3 is 0.897 bits per heavy atom. The highest BCUT2D eigenvalue weighted by Crippen LogP contribution is 2.72. The Morgan fingerprint density at radius 1 is 0.372 bits per heavy atom. The van der Waals surface area contributed by atoms with Gasteiger partial charge in [-0.25, -0.2) is 0 Å². The molecule has 0 radical (unpaired) electrons. The van der Waals surface area contributed by atoms with Crippen molar-refractivity contribution in [3.63, 3.8) is 0 Å². The molecule has 6 aromatic rings. The molecule has 9 rings (SSSR count). The largest absolute Gasteiger partial charge is 0.310 e. The Labute approximate surface area is 476 Å². The monoisotopic (exact) mass is 1040 g/mol. The number of aryl methyl sites for hydroxylation is 6. The molecule has 0 bridgehead atoms. The van der Waals surface area contributed by atoms with E-state index in [-0.39, 0.29) is 21.7 Å². The highest BCUT2D eigenvalue weighted by atomic mass is 15.2. The van der Waals surface area contributed by atoms with E-state index >= 15 is 0 Å². The molecule has 4 unspecified atom stereocenters. The summed E-state index contributed by atoms with van der Waals surface area (Å²) in [6.45, 7) is 37.8. The summed E-state index contributed by atoms with van der Waals surface area (Å²) in [6, 6.07) is 44.6. The number of nitrogens with zero attached hydrogens (tertiary/aromatic N) is 2. The lowest BCUT2D eigenvalue weighted by Gasteiger charge is -2.67. The summed E-state index contributed by atoms with van der Waals surface area (Å²) in [4.78, 5) is 5.32. The lowest BCUT2D eigenvalue weighted by atomic mass is 9.37. The molecule has 2 saturated carbocycles. The predicted molar refractivity (Wildman–Crippen MR) is 341 cm³/mol. The SMILES string of the molecule is CCCCC1C[C@]23CC(CCCC)C(CCCC)C[C@@]2(CC1CCCC)c1cc(N(c2ccc(C)cc2)c2c(C)cc(C(C)(C)C)cc2C)ccc1-c1ccc(N(c2ccc(C)cc2)c2c(C)cc(C(C)(C)C)cc2C)cc13.